The minimum Gasteiger partial charge on any atom is -0.241 e. The Bertz CT molecular complexity index is 824. The Morgan fingerprint density at radius 3 is 2.70 bits per heavy atom. The Balaban J connectivity index is 2.06. The van der Waals surface area contributed by atoms with Gasteiger partial charge < -0.3 is 0 Å². The van der Waals surface area contributed by atoms with E-state index >= 15 is 0 Å². The monoisotopic (exact) mass is 280 g/mol. The molecule has 1 aromatic heterocycles. The number of nitrogens with zero attached hydrogens (tertiary/aromatic N) is 2. The van der Waals surface area contributed by atoms with Gasteiger partial charge >= 0.3 is 0 Å². The first-order valence-corrected chi connectivity index (χ1v) is 6.81. The molecule has 1 heterocycles. The Morgan fingerprint density at radius 1 is 1.05 bits per heavy atom. The van der Waals surface area contributed by atoms with Crippen molar-refractivity contribution < 1.29 is 4.39 Å². The number of pyridine rings is 1. The average Bonchev–Trinajstić information content (AvgIpc) is 2.46. The van der Waals surface area contributed by atoms with Gasteiger partial charge in [-0.2, -0.15) is 5.26 Å². The molecule has 0 aliphatic rings. The van der Waals surface area contributed by atoms with Gasteiger partial charge in [0.25, 0.3) is 0 Å². The van der Waals surface area contributed by atoms with Crippen molar-refractivity contribution in [2.24, 2.45) is 0 Å². The SMILES string of the molecule is N#Cc1cc(Sc2cccc(F)c2)nc2ccccc12. The molecule has 2 nitrogen and oxygen atoms in total. The van der Waals surface area contributed by atoms with Gasteiger partial charge in [-0.05, 0) is 30.3 Å². The van der Waals surface area contributed by atoms with E-state index in [4.69, 9.17) is 0 Å². The lowest BCUT2D eigenvalue weighted by atomic mass is 10.1. The summed E-state index contributed by atoms with van der Waals surface area (Å²) in [5, 5.41) is 10.7. The highest BCUT2D eigenvalue weighted by atomic mass is 32.2. The van der Waals surface area contributed by atoms with E-state index in [0.717, 1.165) is 15.8 Å². The van der Waals surface area contributed by atoms with E-state index < -0.39 is 0 Å². The zero-order chi connectivity index (χ0) is 13.9. The normalized spacial score (nSPS) is 10.4. The summed E-state index contributed by atoms with van der Waals surface area (Å²) >= 11 is 1.34. The number of para-hydroxylation sites is 1. The Morgan fingerprint density at radius 2 is 1.90 bits per heavy atom. The highest BCUT2D eigenvalue weighted by molar-refractivity contribution is 7.99. The number of hydrogen-bond donors (Lipinski definition) is 0. The average molecular weight is 280 g/mol. The third kappa shape index (κ3) is 2.49. The molecular formula is C16H9FN2S. The van der Waals surface area contributed by atoms with Crippen molar-refractivity contribution >= 4 is 22.7 Å². The van der Waals surface area contributed by atoms with Crippen LogP contribution in [0, 0.1) is 17.1 Å². The van der Waals surface area contributed by atoms with E-state index in [1.165, 1.54) is 23.9 Å². The third-order valence-corrected chi connectivity index (χ3v) is 3.74. The summed E-state index contributed by atoms with van der Waals surface area (Å²) in [6.07, 6.45) is 0. The number of halogens is 1. The first-order chi connectivity index (χ1) is 9.76. The van der Waals surface area contributed by atoms with Crippen LogP contribution in [0.5, 0.6) is 0 Å². The molecule has 0 spiro atoms. The van der Waals surface area contributed by atoms with E-state index in [1.54, 1.807) is 12.1 Å². The summed E-state index contributed by atoms with van der Waals surface area (Å²) in [6.45, 7) is 0. The van der Waals surface area contributed by atoms with Gasteiger partial charge in [0, 0.05) is 10.3 Å². The number of aromatic nitrogens is 1. The van der Waals surface area contributed by atoms with Crippen LogP contribution >= 0.6 is 11.8 Å². The summed E-state index contributed by atoms with van der Waals surface area (Å²) in [7, 11) is 0. The van der Waals surface area contributed by atoms with Gasteiger partial charge in [-0.15, -0.1) is 0 Å². The molecule has 0 saturated heterocycles. The van der Waals surface area contributed by atoms with Crippen molar-refractivity contribution in [2.45, 2.75) is 9.92 Å². The minimum atomic E-state index is -0.281. The van der Waals surface area contributed by atoms with Crippen LogP contribution in [-0.4, -0.2) is 4.98 Å². The zero-order valence-electron chi connectivity index (χ0n) is 10.4. The Hall–Kier alpha value is -2.38. The lowest BCUT2D eigenvalue weighted by Gasteiger charge is -2.05. The van der Waals surface area contributed by atoms with Crippen molar-refractivity contribution in [1.82, 2.24) is 4.98 Å². The predicted octanol–water partition coefficient (Wildman–Crippen LogP) is 4.40. The lowest BCUT2D eigenvalue weighted by Crippen LogP contribution is -1.87. The van der Waals surface area contributed by atoms with Gasteiger partial charge in [0.05, 0.1) is 17.1 Å². The highest BCUT2D eigenvalue weighted by Crippen LogP contribution is 2.29. The van der Waals surface area contributed by atoms with Crippen molar-refractivity contribution in [3.63, 3.8) is 0 Å². The predicted molar refractivity (Wildman–Crippen MR) is 77.0 cm³/mol. The minimum absolute atomic E-state index is 0.281. The van der Waals surface area contributed by atoms with E-state index in [1.807, 2.05) is 30.3 Å². The molecular weight excluding hydrogens is 271 g/mol. The topological polar surface area (TPSA) is 36.7 Å². The van der Waals surface area contributed by atoms with E-state index in [-0.39, 0.29) is 5.82 Å². The quantitative estimate of drug-likeness (QED) is 0.698. The van der Waals surface area contributed by atoms with E-state index in [2.05, 4.69) is 11.1 Å². The molecule has 4 heteroatoms. The van der Waals surface area contributed by atoms with Crippen LogP contribution < -0.4 is 0 Å². The molecule has 0 radical (unpaired) electrons. The van der Waals surface area contributed by atoms with Crippen LogP contribution in [0.2, 0.25) is 0 Å². The van der Waals surface area contributed by atoms with Crippen LogP contribution in [0.1, 0.15) is 5.56 Å². The zero-order valence-corrected chi connectivity index (χ0v) is 11.2. The fourth-order valence-electron chi connectivity index (χ4n) is 1.95. The molecule has 0 aliphatic carbocycles. The molecule has 0 unspecified atom stereocenters. The molecule has 3 rings (SSSR count). The fourth-order valence-corrected chi connectivity index (χ4v) is 2.83. The molecule has 0 fully saturated rings. The van der Waals surface area contributed by atoms with E-state index in [0.29, 0.717) is 10.6 Å². The smallest absolute Gasteiger partial charge is 0.124 e. The van der Waals surface area contributed by atoms with Gasteiger partial charge in [0.2, 0.25) is 0 Å². The molecule has 0 amide bonds. The van der Waals surface area contributed by atoms with Gasteiger partial charge in [-0.1, -0.05) is 36.0 Å². The van der Waals surface area contributed by atoms with Gasteiger partial charge in [-0.25, -0.2) is 9.37 Å². The Labute approximate surface area is 119 Å². The number of benzene rings is 2. The standard InChI is InChI=1S/C16H9FN2S/c17-12-4-3-5-13(9-12)20-16-8-11(10-18)14-6-1-2-7-15(14)19-16/h1-9H. The maximum atomic E-state index is 13.2. The summed E-state index contributed by atoms with van der Waals surface area (Å²) < 4.78 is 13.2. The first kappa shape index (κ1) is 12.6. The second-order valence-corrected chi connectivity index (χ2v) is 5.29. The number of fused-ring (bicyclic) bond motifs is 1. The van der Waals surface area contributed by atoms with Crippen molar-refractivity contribution in [2.75, 3.05) is 0 Å². The maximum Gasteiger partial charge on any atom is 0.124 e. The molecule has 3 aromatic rings. The largest absolute Gasteiger partial charge is 0.241 e. The van der Waals surface area contributed by atoms with Crippen molar-refractivity contribution in [1.29, 1.82) is 5.26 Å². The Kier molecular flexibility index (Phi) is 3.36. The van der Waals surface area contributed by atoms with Gasteiger partial charge in [0.15, 0.2) is 0 Å². The molecule has 20 heavy (non-hydrogen) atoms. The molecule has 0 aliphatic heterocycles. The second kappa shape index (κ2) is 5.32. The van der Waals surface area contributed by atoms with Crippen LogP contribution in [0.15, 0.2) is 64.5 Å². The van der Waals surface area contributed by atoms with Gasteiger partial charge in [0.1, 0.15) is 10.8 Å². The summed E-state index contributed by atoms with van der Waals surface area (Å²) in [6, 6.07) is 17.7. The van der Waals surface area contributed by atoms with Crippen LogP contribution in [0.4, 0.5) is 4.39 Å². The van der Waals surface area contributed by atoms with Crippen LogP contribution in [-0.2, 0) is 0 Å². The number of nitriles is 1. The number of rotatable bonds is 2. The molecule has 0 saturated carbocycles. The van der Waals surface area contributed by atoms with Crippen LogP contribution in [0.25, 0.3) is 10.9 Å². The van der Waals surface area contributed by atoms with E-state index in [9.17, 15) is 9.65 Å². The molecule has 2 aromatic carbocycles. The third-order valence-electron chi connectivity index (χ3n) is 2.83. The fraction of sp³-hybridized carbons (Fsp3) is 0. The van der Waals surface area contributed by atoms with Crippen molar-refractivity contribution in [3.05, 3.63) is 66.0 Å². The second-order valence-electron chi connectivity index (χ2n) is 4.20. The molecule has 0 atom stereocenters. The van der Waals surface area contributed by atoms with Crippen molar-refractivity contribution in [3.8, 4) is 6.07 Å². The van der Waals surface area contributed by atoms with Gasteiger partial charge in [-0.3, -0.25) is 0 Å². The number of hydrogen-bond acceptors (Lipinski definition) is 3. The summed E-state index contributed by atoms with van der Waals surface area (Å²) in [5.74, 6) is -0.281. The summed E-state index contributed by atoms with van der Waals surface area (Å²) in [5.41, 5.74) is 1.35. The molecule has 0 bridgehead atoms. The first-order valence-electron chi connectivity index (χ1n) is 5.99. The van der Waals surface area contributed by atoms with Crippen LogP contribution in [0.3, 0.4) is 0 Å². The maximum absolute atomic E-state index is 13.2. The molecule has 96 valence electrons. The summed E-state index contributed by atoms with van der Waals surface area (Å²) in [4.78, 5) is 5.26. The lowest BCUT2D eigenvalue weighted by molar-refractivity contribution is 0.624. The molecule has 0 N–H and O–H groups in total. The highest BCUT2D eigenvalue weighted by Gasteiger charge is 2.07.